The van der Waals surface area contributed by atoms with Crippen molar-refractivity contribution in [1.82, 2.24) is 14.9 Å². The maximum Gasteiger partial charge on any atom is 0.167 e. The van der Waals surface area contributed by atoms with Crippen molar-refractivity contribution < 1.29 is 13.9 Å². The number of nitrogen functional groups attached to an aromatic ring is 1. The summed E-state index contributed by atoms with van der Waals surface area (Å²) < 4.78 is 26.0. The van der Waals surface area contributed by atoms with Gasteiger partial charge < -0.3 is 20.1 Å². The fourth-order valence-electron chi connectivity index (χ4n) is 4.44. The average molecular weight is 455 g/mol. The van der Waals surface area contributed by atoms with Crippen LogP contribution in [-0.2, 0) is 4.74 Å². The largest absolute Gasteiger partial charge is 0.484 e. The Bertz CT molecular complexity index is 1030. The number of ether oxygens (including phenoxy) is 2. The van der Waals surface area contributed by atoms with Crippen molar-refractivity contribution in [3.63, 3.8) is 0 Å². The first-order valence-corrected chi connectivity index (χ1v) is 11.7. The number of hydrogen-bond acceptors (Lipinski definition) is 8. The molecule has 3 aliphatic rings. The van der Waals surface area contributed by atoms with Gasteiger partial charge in [0.25, 0.3) is 0 Å². The SMILES string of the molecule is CC1(Oc2cc(C(=N)c3cc(N4CCN(CC5CCCO5)CC4)ncn3)c(N)cc2F)CC1. The van der Waals surface area contributed by atoms with Crippen molar-refractivity contribution in [2.75, 3.05) is 50.0 Å². The highest BCUT2D eigenvalue weighted by atomic mass is 19.1. The molecule has 0 bridgehead atoms. The monoisotopic (exact) mass is 454 g/mol. The second kappa shape index (κ2) is 8.87. The summed E-state index contributed by atoms with van der Waals surface area (Å²) in [5.41, 5.74) is 6.90. The lowest BCUT2D eigenvalue weighted by molar-refractivity contribution is 0.0712. The fourth-order valence-corrected chi connectivity index (χ4v) is 4.44. The van der Waals surface area contributed by atoms with E-state index in [0.29, 0.717) is 17.4 Å². The number of anilines is 2. The van der Waals surface area contributed by atoms with Crippen molar-refractivity contribution in [2.24, 2.45) is 0 Å². The lowest BCUT2D eigenvalue weighted by atomic mass is 10.0. The molecule has 1 unspecified atom stereocenters. The van der Waals surface area contributed by atoms with Crippen LogP contribution < -0.4 is 15.4 Å². The summed E-state index contributed by atoms with van der Waals surface area (Å²) in [6.45, 7) is 7.41. The summed E-state index contributed by atoms with van der Waals surface area (Å²) in [6.07, 6.45) is 5.92. The Morgan fingerprint density at radius 1 is 1.24 bits per heavy atom. The summed E-state index contributed by atoms with van der Waals surface area (Å²) in [5.74, 6) is 0.395. The molecule has 0 spiro atoms. The number of nitrogens with one attached hydrogen (secondary N) is 1. The van der Waals surface area contributed by atoms with Gasteiger partial charge in [0.2, 0.25) is 0 Å². The Labute approximate surface area is 193 Å². The van der Waals surface area contributed by atoms with Gasteiger partial charge in [-0.25, -0.2) is 14.4 Å². The normalized spacial score (nSPS) is 22.4. The minimum absolute atomic E-state index is 0.124. The van der Waals surface area contributed by atoms with Crippen LogP contribution in [0, 0.1) is 11.2 Å². The number of aromatic nitrogens is 2. The van der Waals surface area contributed by atoms with E-state index in [4.69, 9.17) is 20.6 Å². The molecule has 1 saturated carbocycles. The van der Waals surface area contributed by atoms with Crippen molar-refractivity contribution in [3.05, 3.63) is 41.6 Å². The molecule has 5 rings (SSSR count). The van der Waals surface area contributed by atoms with Gasteiger partial charge in [-0.15, -0.1) is 0 Å². The van der Waals surface area contributed by atoms with Crippen molar-refractivity contribution in [3.8, 4) is 5.75 Å². The second-order valence-corrected chi connectivity index (χ2v) is 9.48. The molecule has 3 N–H and O–H groups in total. The first kappa shape index (κ1) is 22.0. The predicted octanol–water partition coefficient (Wildman–Crippen LogP) is 2.85. The summed E-state index contributed by atoms with van der Waals surface area (Å²) in [5, 5.41) is 8.70. The molecule has 33 heavy (non-hydrogen) atoms. The number of rotatable bonds is 7. The van der Waals surface area contributed by atoms with E-state index in [0.717, 1.165) is 70.8 Å². The molecule has 8 nitrogen and oxygen atoms in total. The van der Waals surface area contributed by atoms with Crippen LogP contribution in [-0.4, -0.2) is 71.6 Å². The number of benzene rings is 1. The summed E-state index contributed by atoms with van der Waals surface area (Å²) in [7, 11) is 0. The summed E-state index contributed by atoms with van der Waals surface area (Å²) in [6, 6.07) is 4.55. The average Bonchev–Trinajstić information content (AvgIpc) is 3.31. The van der Waals surface area contributed by atoms with Crippen LogP contribution in [0.4, 0.5) is 15.9 Å². The van der Waals surface area contributed by atoms with Gasteiger partial charge >= 0.3 is 0 Å². The van der Waals surface area contributed by atoms with Crippen molar-refractivity contribution in [1.29, 1.82) is 5.41 Å². The second-order valence-electron chi connectivity index (χ2n) is 9.48. The van der Waals surface area contributed by atoms with Crippen LogP contribution in [0.2, 0.25) is 0 Å². The van der Waals surface area contributed by atoms with Gasteiger partial charge in [-0.05, 0) is 38.7 Å². The molecule has 2 aromatic rings. The molecule has 0 amide bonds. The number of nitrogens with two attached hydrogens (primary N) is 1. The number of nitrogens with zero attached hydrogens (tertiary/aromatic N) is 4. The van der Waals surface area contributed by atoms with Crippen LogP contribution in [0.3, 0.4) is 0 Å². The molecular weight excluding hydrogens is 423 g/mol. The van der Waals surface area contributed by atoms with Crippen molar-refractivity contribution in [2.45, 2.75) is 44.3 Å². The molecule has 0 radical (unpaired) electrons. The molecule has 2 aliphatic heterocycles. The summed E-state index contributed by atoms with van der Waals surface area (Å²) in [4.78, 5) is 13.4. The standard InChI is InChI=1S/C24H31FN6O2/c1-24(4-5-24)33-21-11-17(19(26)12-18(21)25)23(27)20-13-22(29-15-28-20)31-8-6-30(7-9-31)14-16-3-2-10-32-16/h11-13,15-16,27H,2-10,14,26H2,1H3. The zero-order valence-corrected chi connectivity index (χ0v) is 19.0. The minimum Gasteiger partial charge on any atom is -0.484 e. The lowest BCUT2D eigenvalue weighted by Gasteiger charge is -2.36. The van der Waals surface area contributed by atoms with Gasteiger partial charge in [0.1, 0.15) is 17.7 Å². The highest BCUT2D eigenvalue weighted by Crippen LogP contribution is 2.41. The molecular formula is C24H31FN6O2. The van der Waals surface area contributed by atoms with Crippen LogP contribution >= 0.6 is 0 Å². The third kappa shape index (κ3) is 4.94. The Hall–Kier alpha value is -2.78. The van der Waals surface area contributed by atoms with E-state index in [1.807, 2.05) is 13.0 Å². The van der Waals surface area contributed by atoms with Gasteiger partial charge in [-0.3, -0.25) is 10.3 Å². The van der Waals surface area contributed by atoms with Gasteiger partial charge in [-0.1, -0.05) is 0 Å². The lowest BCUT2D eigenvalue weighted by Crippen LogP contribution is -2.48. The molecule has 9 heteroatoms. The van der Waals surface area contributed by atoms with E-state index in [1.165, 1.54) is 18.5 Å². The Balaban J connectivity index is 1.28. The Morgan fingerprint density at radius 2 is 2.03 bits per heavy atom. The summed E-state index contributed by atoms with van der Waals surface area (Å²) >= 11 is 0. The fraction of sp³-hybridized carbons (Fsp3) is 0.542. The first-order chi connectivity index (χ1) is 15.9. The highest BCUT2D eigenvalue weighted by molar-refractivity contribution is 6.13. The van der Waals surface area contributed by atoms with Gasteiger partial charge in [-0.2, -0.15) is 0 Å². The predicted molar refractivity (Wildman–Crippen MR) is 125 cm³/mol. The van der Waals surface area contributed by atoms with E-state index >= 15 is 0 Å². The van der Waals surface area contributed by atoms with Gasteiger partial charge in [0.05, 0.1) is 17.5 Å². The maximum absolute atomic E-state index is 14.4. The maximum atomic E-state index is 14.4. The smallest absolute Gasteiger partial charge is 0.167 e. The molecule has 1 aromatic carbocycles. The van der Waals surface area contributed by atoms with Crippen molar-refractivity contribution >= 4 is 17.2 Å². The van der Waals surface area contributed by atoms with Crippen LogP contribution in [0.1, 0.15) is 43.9 Å². The first-order valence-electron chi connectivity index (χ1n) is 11.7. The molecule has 2 saturated heterocycles. The molecule has 176 valence electrons. The minimum atomic E-state index is -0.513. The third-order valence-corrected chi connectivity index (χ3v) is 6.77. The van der Waals surface area contributed by atoms with E-state index in [9.17, 15) is 4.39 Å². The van der Waals surface area contributed by atoms with E-state index < -0.39 is 5.82 Å². The zero-order valence-electron chi connectivity index (χ0n) is 19.0. The molecule has 3 fully saturated rings. The third-order valence-electron chi connectivity index (χ3n) is 6.77. The highest BCUT2D eigenvalue weighted by Gasteiger charge is 2.40. The van der Waals surface area contributed by atoms with Crippen LogP contribution in [0.15, 0.2) is 24.5 Å². The quantitative estimate of drug-likeness (QED) is 0.490. The number of halogens is 1. The Kier molecular flexibility index (Phi) is 5.92. The van der Waals surface area contributed by atoms with E-state index in [2.05, 4.69) is 19.8 Å². The molecule has 3 heterocycles. The molecule has 1 aromatic heterocycles. The molecule has 1 aliphatic carbocycles. The Morgan fingerprint density at radius 3 is 2.73 bits per heavy atom. The number of hydrogen-bond donors (Lipinski definition) is 2. The molecule has 1 atom stereocenters. The number of piperazine rings is 1. The topological polar surface area (TPSA) is 101 Å². The van der Waals surface area contributed by atoms with Gasteiger partial charge in [0.15, 0.2) is 11.6 Å². The van der Waals surface area contributed by atoms with Gasteiger partial charge in [0, 0.05) is 62.7 Å². The van der Waals surface area contributed by atoms with Crippen LogP contribution in [0.5, 0.6) is 5.75 Å². The zero-order chi connectivity index (χ0) is 23.0. The van der Waals surface area contributed by atoms with E-state index in [-0.39, 0.29) is 22.7 Å². The van der Waals surface area contributed by atoms with Crippen LogP contribution in [0.25, 0.3) is 0 Å². The van der Waals surface area contributed by atoms with E-state index in [1.54, 1.807) is 0 Å².